The molecule has 0 saturated heterocycles. The number of methoxy groups -OCH3 is 1. The molecule has 6 heteroatoms. The molecule has 2 N–H and O–H groups in total. The molecule has 3 rings (SSSR count). The number of rotatable bonds is 1. The first-order chi connectivity index (χ1) is 10.4. The zero-order chi connectivity index (χ0) is 16.2. The van der Waals surface area contributed by atoms with Crippen LogP contribution in [0, 0.1) is 0 Å². The van der Waals surface area contributed by atoms with Gasteiger partial charge < -0.3 is 19.7 Å². The predicted octanol–water partition coefficient (Wildman–Crippen LogP) is 1.24. The van der Waals surface area contributed by atoms with Crippen LogP contribution in [0.25, 0.3) is 0 Å². The van der Waals surface area contributed by atoms with Crippen LogP contribution in [-0.4, -0.2) is 47.2 Å². The van der Waals surface area contributed by atoms with Crippen molar-refractivity contribution < 1.29 is 29.3 Å². The van der Waals surface area contributed by atoms with Gasteiger partial charge in [0, 0.05) is 22.8 Å². The monoisotopic (exact) mass is 304 g/mol. The fourth-order valence-electron chi connectivity index (χ4n) is 3.06. The fourth-order valence-corrected chi connectivity index (χ4v) is 3.06. The number of fused-ring (bicyclic) bond motifs is 1. The first-order valence-corrected chi connectivity index (χ1v) is 6.94. The maximum atomic E-state index is 12.7. The van der Waals surface area contributed by atoms with Crippen molar-refractivity contribution in [2.75, 3.05) is 7.11 Å². The summed E-state index contributed by atoms with van der Waals surface area (Å²) >= 11 is 0. The van der Waals surface area contributed by atoms with Crippen molar-refractivity contribution in [3.8, 4) is 11.5 Å². The van der Waals surface area contributed by atoms with E-state index in [9.17, 15) is 19.8 Å². The highest BCUT2D eigenvalue weighted by Crippen LogP contribution is 2.40. The maximum absolute atomic E-state index is 12.7. The molecule has 1 heterocycles. The summed E-state index contributed by atoms with van der Waals surface area (Å²) in [5.74, 6) is -1.03. The third-order valence-electron chi connectivity index (χ3n) is 4.14. The number of carbonyl (C=O) groups excluding carboxylic acids is 2. The molecule has 0 spiro atoms. The Morgan fingerprint density at radius 1 is 1.14 bits per heavy atom. The minimum Gasteiger partial charge on any atom is -0.507 e. The summed E-state index contributed by atoms with van der Waals surface area (Å²) in [7, 11) is 1.40. The van der Waals surface area contributed by atoms with Crippen molar-refractivity contribution in [3.63, 3.8) is 0 Å². The molecule has 0 saturated carbocycles. The van der Waals surface area contributed by atoms with E-state index in [2.05, 4.69) is 0 Å². The van der Waals surface area contributed by atoms with E-state index in [-0.39, 0.29) is 33.8 Å². The summed E-state index contributed by atoms with van der Waals surface area (Å²) in [5.41, 5.74) is 0.141. The van der Waals surface area contributed by atoms with Gasteiger partial charge in [-0.05, 0) is 19.9 Å². The quantitative estimate of drug-likeness (QED) is 0.811. The third-order valence-corrected chi connectivity index (χ3v) is 4.14. The molecule has 0 fully saturated rings. The van der Waals surface area contributed by atoms with Crippen LogP contribution < -0.4 is 4.74 Å². The number of carbonyl (C=O) groups is 2. The summed E-state index contributed by atoms with van der Waals surface area (Å²) in [4.78, 5) is 25.4. The lowest BCUT2D eigenvalue weighted by molar-refractivity contribution is -0.0493. The lowest BCUT2D eigenvalue weighted by Crippen LogP contribution is -2.45. The zero-order valence-corrected chi connectivity index (χ0v) is 12.4. The topological polar surface area (TPSA) is 93.1 Å². The van der Waals surface area contributed by atoms with E-state index in [4.69, 9.17) is 9.47 Å². The Morgan fingerprint density at radius 2 is 1.82 bits per heavy atom. The van der Waals surface area contributed by atoms with Crippen molar-refractivity contribution in [2.45, 2.75) is 32.2 Å². The van der Waals surface area contributed by atoms with E-state index in [1.54, 1.807) is 13.8 Å². The number of Topliss-reactive ketones (excluding diaryl/α,β-unsaturated/α-hetero) is 2. The van der Waals surface area contributed by atoms with Crippen molar-refractivity contribution >= 4 is 11.6 Å². The molecule has 2 aliphatic rings. The number of hydrogen-bond acceptors (Lipinski definition) is 6. The molecule has 0 radical (unpaired) electrons. The van der Waals surface area contributed by atoms with Crippen LogP contribution in [-0.2, 0) is 4.74 Å². The first kappa shape index (κ1) is 14.7. The van der Waals surface area contributed by atoms with Crippen LogP contribution >= 0.6 is 0 Å². The van der Waals surface area contributed by atoms with Gasteiger partial charge >= 0.3 is 0 Å². The zero-order valence-electron chi connectivity index (χ0n) is 12.4. The Morgan fingerprint density at radius 3 is 2.45 bits per heavy atom. The summed E-state index contributed by atoms with van der Waals surface area (Å²) < 4.78 is 10.5. The minimum atomic E-state index is -1.18. The largest absolute Gasteiger partial charge is 0.507 e. The Balaban J connectivity index is 2.26. The summed E-state index contributed by atoms with van der Waals surface area (Å²) in [6.07, 6.45) is -2.39. The van der Waals surface area contributed by atoms with Gasteiger partial charge in [0.05, 0.1) is 24.9 Å². The first-order valence-electron chi connectivity index (χ1n) is 6.94. The van der Waals surface area contributed by atoms with Gasteiger partial charge in [-0.15, -0.1) is 0 Å². The average molecular weight is 304 g/mol. The molecular weight excluding hydrogens is 288 g/mol. The molecular formula is C16H16O6. The van der Waals surface area contributed by atoms with Gasteiger partial charge in [-0.3, -0.25) is 9.59 Å². The van der Waals surface area contributed by atoms with Gasteiger partial charge in [0.15, 0.2) is 11.6 Å². The molecule has 1 aliphatic carbocycles. The molecule has 1 aliphatic heterocycles. The highest BCUT2D eigenvalue weighted by atomic mass is 16.5. The SMILES string of the molecule is COc1cc(O)c2c(c1)C(=O)C1=C(C2=O)C(C)OC(C)C1O. The Bertz CT molecular complexity index is 718. The minimum absolute atomic E-state index is 0.0425. The molecule has 1 aromatic carbocycles. The number of benzene rings is 1. The number of ketones is 2. The third kappa shape index (κ3) is 1.88. The molecule has 116 valence electrons. The Hall–Kier alpha value is -2.18. The number of phenols is 1. The maximum Gasteiger partial charge on any atom is 0.196 e. The Kier molecular flexibility index (Phi) is 3.30. The smallest absolute Gasteiger partial charge is 0.196 e. The molecule has 0 bridgehead atoms. The van der Waals surface area contributed by atoms with E-state index >= 15 is 0 Å². The average Bonchev–Trinajstić information content (AvgIpc) is 2.47. The lowest BCUT2D eigenvalue weighted by atomic mass is 9.77. The second-order valence-electron chi connectivity index (χ2n) is 5.48. The summed E-state index contributed by atoms with van der Waals surface area (Å²) in [6, 6.07) is 2.68. The number of aromatic hydroxyl groups is 1. The van der Waals surface area contributed by atoms with Crippen LogP contribution in [0.5, 0.6) is 11.5 Å². The van der Waals surface area contributed by atoms with Crippen molar-refractivity contribution in [1.29, 1.82) is 0 Å². The molecule has 3 unspecified atom stereocenters. The van der Waals surface area contributed by atoms with E-state index in [0.29, 0.717) is 0 Å². The second-order valence-corrected chi connectivity index (χ2v) is 5.48. The normalized spacial score (nSPS) is 27.5. The van der Waals surface area contributed by atoms with Gasteiger partial charge in [0.1, 0.15) is 17.6 Å². The van der Waals surface area contributed by atoms with Gasteiger partial charge in [-0.2, -0.15) is 0 Å². The van der Waals surface area contributed by atoms with E-state index in [1.165, 1.54) is 19.2 Å². The molecule has 3 atom stereocenters. The predicted molar refractivity (Wildman–Crippen MR) is 76.4 cm³/mol. The fraction of sp³-hybridized carbons (Fsp3) is 0.375. The number of hydrogen-bond donors (Lipinski definition) is 2. The molecule has 0 aromatic heterocycles. The second kappa shape index (κ2) is 4.93. The Labute approximate surface area is 127 Å². The van der Waals surface area contributed by atoms with Crippen molar-refractivity contribution in [3.05, 3.63) is 34.4 Å². The van der Waals surface area contributed by atoms with Gasteiger partial charge in [-0.25, -0.2) is 0 Å². The van der Waals surface area contributed by atoms with Gasteiger partial charge in [-0.1, -0.05) is 0 Å². The van der Waals surface area contributed by atoms with Crippen molar-refractivity contribution in [1.82, 2.24) is 0 Å². The molecule has 22 heavy (non-hydrogen) atoms. The van der Waals surface area contributed by atoms with Crippen LogP contribution in [0.1, 0.15) is 34.6 Å². The number of aliphatic hydroxyl groups excluding tert-OH is 1. The molecule has 6 nitrogen and oxygen atoms in total. The van der Waals surface area contributed by atoms with Gasteiger partial charge in [0.2, 0.25) is 0 Å². The van der Waals surface area contributed by atoms with E-state index in [0.717, 1.165) is 0 Å². The van der Waals surface area contributed by atoms with Crippen molar-refractivity contribution in [2.24, 2.45) is 0 Å². The molecule has 1 aromatic rings. The number of aliphatic hydroxyl groups is 1. The number of ether oxygens (including phenoxy) is 2. The van der Waals surface area contributed by atoms with Crippen LogP contribution in [0.2, 0.25) is 0 Å². The van der Waals surface area contributed by atoms with Crippen LogP contribution in [0.15, 0.2) is 23.3 Å². The van der Waals surface area contributed by atoms with Gasteiger partial charge in [0.25, 0.3) is 0 Å². The van der Waals surface area contributed by atoms with E-state index in [1.807, 2.05) is 0 Å². The highest BCUT2D eigenvalue weighted by Gasteiger charge is 2.44. The van der Waals surface area contributed by atoms with Crippen LogP contribution in [0.4, 0.5) is 0 Å². The van der Waals surface area contributed by atoms with E-state index < -0.39 is 29.9 Å². The summed E-state index contributed by atoms with van der Waals surface area (Å²) in [6.45, 7) is 3.29. The standard InChI is InChI=1S/C16H16O6/c1-6-11-13(14(18)7(2)22-6)15(19)9-4-8(21-3)5-10(17)12(9)16(11)20/h4-7,14,17-18H,1-3H3. The van der Waals surface area contributed by atoms with Crippen LogP contribution in [0.3, 0.4) is 0 Å². The highest BCUT2D eigenvalue weighted by molar-refractivity contribution is 6.28. The lowest BCUT2D eigenvalue weighted by Gasteiger charge is -2.36. The number of phenolic OH excluding ortho intramolecular Hbond substituents is 1. The summed E-state index contributed by atoms with van der Waals surface area (Å²) in [5, 5.41) is 20.3. The molecule has 0 amide bonds.